The topological polar surface area (TPSA) is 17.3 Å². The van der Waals surface area contributed by atoms with Crippen molar-refractivity contribution in [1.29, 1.82) is 0 Å². The van der Waals surface area contributed by atoms with Gasteiger partial charge in [-0.3, -0.25) is 4.39 Å². The molecule has 0 N–H and O–H groups in total. The van der Waals surface area contributed by atoms with Crippen molar-refractivity contribution in [2.24, 2.45) is 0 Å². The predicted octanol–water partition coefficient (Wildman–Crippen LogP) is 8.39. The molecule has 4 rings (SSSR count). The number of anilines is 1. The number of benzene rings is 3. The molecule has 2 nitrogen and oxygen atoms in total. The van der Waals surface area contributed by atoms with Crippen molar-refractivity contribution >= 4 is 5.69 Å². The molecule has 0 bridgehead atoms. The number of unbranched alkanes of at least 4 members (excludes halogenated alkanes) is 3. The molecule has 0 aliphatic carbocycles. The van der Waals surface area contributed by atoms with E-state index < -0.39 is 0 Å². The first kappa shape index (κ1) is 25.2. The number of hydrogen-bond donors (Lipinski definition) is 0. The van der Waals surface area contributed by atoms with Crippen molar-refractivity contribution in [1.82, 2.24) is 0 Å². The molecule has 0 spiro atoms. The Morgan fingerprint density at radius 2 is 1.73 bits per heavy atom. The van der Waals surface area contributed by atoms with Crippen molar-refractivity contribution in [2.75, 3.05) is 4.90 Å². The van der Waals surface area contributed by atoms with E-state index in [-0.39, 0.29) is 32.1 Å². The van der Waals surface area contributed by atoms with Crippen LogP contribution in [-0.2, 0) is 26.5 Å². The van der Waals surface area contributed by atoms with E-state index in [0.29, 0.717) is 5.56 Å². The second kappa shape index (κ2) is 11.6. The van der Waals surface area contributed by atoms with Gasteiger partial charge in [-0.25, -0.2) is 0 Å². The van der Waals surface area contributed by atoms with E-state index in [1.807, 2.05) is 30.6 Å². The van der Waals surface area contributed by atoms with Crippen LogP contribution < -0.4 is 4.90 Å². The molecule has 0 aromatic heterocycles. The maximum absolute atomic E-state index is 14.8. The molecule has 1 unspecified atom stereocenters. The van der Waals surface area contributed by atoms with E-state index >= 15 is 0 Å². The van der Waals surface area contributed by atoms with Crippen LogP contribution in [0.1, 0.15) is 61.0 Å². The molecular weight excluding hydrogens is 588 g/mol. The van der Waals surface area contributed by atoms with Gasteiger partial charge in [0.25, 0.3) is 0 Å². The number of halogens is 1. The minimum atomic E-state index is -0.256. The van der Waals surface area contributed by atoms with Crippen molar-refractivity contribution in [3.05, 3.63) is 106 Å². The quantitative estimate of drug-likeness (QED) is 0.183. The normalized spacial score (nSPS) is 14.8. The summed E-state index contributed by atoms with van der Waals surface area (Å²) in [6, 6.07) is 21.1. The second-order valence-corrected chi connectivity index (χ2v) is 8.63. The molecule has 3 aromatic carbocycles. The average molecular weight is 619 g/mol. The van der Waals surface area contributed by atoms with Gasteiger partial charge in [0.2, 0.25) is 0 Å². The summed E-state index contributed by atoms with van der Waals surface area (Å²) in [4.78, 5) is 2.15. The van der Waals surface area contributed by atoms with Crippen LogP contribution in [0.25, 0.3) is 16.4 Å². The molecule has 1 heterocycles. The molecule has 1 radical (unpaired) electrons. The largest absolute Gasteiger partial charge is 0.668 e. The molecule has 1 aliphatic heterocycles. The van der Waals surface area contributed by atoms with E-state index in [1.165, 1.54) is 48.4 Å². The van der Waals surface area contributed by atoms with E-state index in [2.05, 4.69) is 67.4 Å². The number of para-hydroxylation sites is 1. The minimum Gasteiger partial charge on any atom is -0.668 e. The van der Waals surface area contributed by atoms with E-state index in [4.69, 9.17) is 0 Å². The summed E-state index contributed by atoms with van der Waals surface area (Å²) in [7, 11) is 0. The molecule has 33 heavy (non-hydrogen) atoms. The molecule has 1 aliphatic rings. The fourth-order valence-corrected chi connectivity index (χ4v) is 4.45. The molecular formula is C29H31FIrN2-2. The summed E-state index contributed by atoms with van der Waals surface area (Å²) in [5, 5.41) is 4.66. The van der Waals surface area contributed by atoms with Gasteiger partial charge in [0, 0.05) is 31.6 Å². The number of nitrogens with zero attached hydrogens (tertiary/aromatic N) is 2. The van der Waals surface area contributed by atoms with Gasteiger partial charge in [0.15, 0.2) is 0 Å². The Labute approximate surface area is 211 Å². The van der Waals surface area contributed by atoms with Gasteiger partial charge in [-0.1, -0.05) is 74.2 Å². The van der Waals surface area contributed by atoms with Gasteiger partial charge in [-0.05, 0) is 61.3 Å². The Morgan fingerprint density at radius 1 is 1.00 bits per heavy atom. The second-order valence-electron chi connectivity index (χ2n) is 8.63. The predicted molar refractivity (Wildman–Crippen MR) is 132 cm³/mol. The molecule has 1 atom stereocenters. The van der Waals surface area contributed by atoms with Crippen LogP contribution in [0.2, 0.25) is 0 Å². The van der Waals surface area contributed by atoms with E-state index in [0.717, 1.165) is 23.2 Å². The Kier molecular flexibility index (Phi) is 8.88. The third-order valence-corrected chi connectivity index (χ3v) is 6.20. The van der Waals surface area contributed by atoms with Crippen LogP contribution in [0.3, 0.4) is 0 Å². The zero-order chi connectivity index (χ0) is 22.5. The first-order valence-corrected chi connectivity index (χ1v) is 11.6. The van der Waals surface area contributed by atoms with Crippen LogP contribution in [0.5, 0.6) is 0 Å². The Morgan fingerprint density at radius 3 is 2.42 bits per heavy atom. The summed E-state index contributed by atoms with van der Waals surface area (Å²) >= 11 is 0. The summed E-state index contributed by atoms with van der Waals surface area (Å²) < 4.78 is 14.8. The Balaban J connectivity index is 0.00000306. The number of rotatable bonds is 8. The zero-order valence-corrected chi connectivity index (χ0v) is 22.0. The SMILES string of the molecule is CCCCCCc1ccc(-c2cc(C3[N-]C=CN3c3c(C)cccc3C)[c-]cc2F)cc1.[Ir]. The molecule has 0 saturated carbocycles. The molecule has 0 fully saturated rings. The summed E-state index contributed by atoms with van der Waals surface area (Å²) in [5.74, 6) is -0.256. The van der Waals surface area contributed by atoms with Crippen LogP contribution in [0, 0.1) is 25.7 Å². The van der Waals surface area contributed by atoms with Gasteiger partial charge >= 0.3 is 0 Å². The third-order valence-electron chi connectivity index (χ3n) is 6.20. The fraction of sp³-hybridized carbons (Fsp3) is 0.310. The molecule has 3 aromatic rings. The molecule has 4 heteroatoms. The van der Waals surface area contributed by atoms with Gasteiger partial charge in [-0.15, -0.1) is 6.07 Å². The molecule has 0 saturated heterocycles. The van der Waals surface area contributed by atoms with E-state index in [9.17, 15) is 4.39 Å². The van der Waals surface area contributed by atoms with Crippen LogP contribution >= 0.6 is 0 Å². The van der Waals surface area contributed by atoms with Crippen molar-refractivity contribution < 1.29 is 24.5 Å². The van der Waals surface area contributed by atoms with Gasteiger partial charge < -0.3 is 10.2 Å². The molecule has 175 valence electrons. The maximum atomic E-state index is 14.8. The third kappa shape index (κ3) is 5.75. The first-order valence-electron chi connectivity index (χ1n) is 11.6. The first-order chi connectivity index (χ1) is 15.6. The van der Waals surface area contributed by atoms with Crippen LogP contribution in [-0.4, -0.2) is 0 Å². The molecule has 0 amide bonds. The number of hydrogen-bond acceptors (Lipinski definition) is 1. The van der Waals surface area contributed by atoms with Gasteiger partial charge in [0.1, 0.15) is 0 Å². The Hall–Kier alpha value is -2.42. The monoisotopic (exact) mass is 619 g/mol. The van der Waals surface area contributed by atoms with Crippen LogP contribution in [0.15, 0.2) is 67.0 Å². The number of aryl methyl sites for hydroxylation is 3. The van der Waals surface area contributed by atoms with E-state index in [1.54, 1.807) is 0 Å². The van der Waals surface area contributed by atoms with Crippen molar-refractivity contribution in [2.45, 2.75) is 59.0 Å². The Bertz CT molecular complexity index is 1070. The van der Waals surface area contributed by atoms with Crippen molar-refractivity contribution in [3.63, 3.8) is 0 Å². The smallest absolute Gasteiger partial charge is 0.0455 e. The van der Waals surface area contributed by atoms with Gasteiger partial charge in [-0.2, -0.15) is 23.9 Å². The maximum Gasteiger partial charge on any atom is 0.0455 e. The fourth-order valence-electron chi connectivity index (χ4n) is 4.45. The standard InChI is InChI=1S/C29H31FN2.Ir/c1-4-5-6-7-11-23-12-14-24(15-13-23)26-20-25(16-17-27(26)30)29-31-18-19-32(29)28-21(2)9-8-10-22(28)3;/h8-10,12-15,17-20,29H,4-7,11H2,1-3H3;/q-2;. The zero-order valence-electron chi connectivity index (χ0n) is 19.6. The van der Waals surface area contributed by atoms with Gasteiger partial charge in [0.05, 0.1) is 0 Å². The summed E-state index contributed by atoms with van der Waals surface area (Å²) in [6.07, 6.45) is 9.64. The van der Waals surface area contributed by atoms with Crippen LogP contribution in [0.4, 0.5) is 10.1 Å². The average Bonchev–Trinajstić information content (AvgIpc) is 3.27. The summed E-state index contributed by atoms with van der Waals surface area (Å²) in [5.41, 5.74) is 7.17. The van der Waals surface area contributed by atoms with Crippen molar-refractivity contribution in [3.8, 4) is 11.1 Å². The minimum absolute atomic E-state index is 0. The summed E-state index contributed by atoms with van der Waals surface area (Å²) in [6.45, 7) is 6.44.